The number of carbonyl (C=O) groups excluding carboxylic acids is 1. The monoisotopic (exact) mass is 401 g/mol. The molecule has 0 aliphatic carbocycles. The van der Waals surface area contributed by atoms with Gasteiger partial charge in [0, 0.05) is 10.0 Å². The van der Waals surface area contributed by atoms with Crippen LogP contribution in [-0.4, -0.2) is 26.0 Å². The van der Waals surface area contributed by atoms with Crippen LogP contribution in [0.25, 0.3) is 0 Å². The van der Waals surface area contributed by atoms with Crippen molar-refractivity contribution in [2.24, 2.45) is 0 Å². The predicted molar refractivity (Wildman–Crippen MR) is 99.5 cm³/mol. The summed E-state index contributed by atoms with van der Waals surface area (Å²) < 4.78 is 0.885. The maximum Gasteiger partial charge on any atom is 0.294 e. The first kappa shape index (κ1) is 19.6. The van der Waals surface area contributed by atoms with E-state index >= 15 is 0 Å². The number of nitrogens with zero attached hydrogens (tertiary/aromatic N) is 3. The molecule has 7 nitrogen and oxygen atoms in total. The smallest absolute Gasteiger partial charge is 0.294 e. The molecule has 1 aromatic carbocycles. The predicted octanol–water partition coefficient (Wildman–Crippen LogP) is 2.33. The molecule has 1 heterocycles. The summed E-state index contributed by atoms with van der Waals surface area (Å²) in [7, 11) is 0. The van der Waals surface area contributed by atoms with Crippen molar-refractivity contribution in [1.82, 2.24) is 20.2 Å². The highest BCUT2D eigenvalue weighted by Crippen LogP contribution is 2.27. The lowest BCUT2D eigenvalue weighted by Crippen LogP contribution is -2.36. The molecular weight excluding hydrogens is 385 g/mol. The summed E-state index contributed by atoms with van der Waals surface area (Å²) in [5, 5.41) is 11.1. The third kappa shape index (κ3) is 4.65. The standard InChI is InChI=1S/C15H17Cl2N5O2S/c1-7(11-5-4-10(16)6-12(11)17)19-13(23)9(3)25-15-21-20-8(2)14(24)22(15)18/h4-7,9H,18H2,1-3H3,(H,19,23)/t7-,9-/m1/s1. The van der Waals surface area contributed by atoms with Crippen LogP contribution in [0.5, 0.6) is 0 Å². The van der Waals surface area contributed by atoms with Crippen molar-refractivity contribution in [3.63, 3.8) is 0 Å². The lowest BCUT2D eigenvalue weighted by atomic mass is 10.1. The average molecular weight is 402 g/mol. The maximum atomic E-state index is 12.4. The molecule has 0 saturated heterocycles. The Labute approximate surface area is 158 Å². The van der Waals surface area contributed by atoms with Crippen LogP contribution in [0.2, 0.25) is 10.0 Å². The first-order valence-corrected chi connectivity index (χ1v) is 8.97. The molecule has 25 heavy (non-hydrogen) atoms. The summed E-state index contributed by atoms with van der Waals surface area (Å²) in [6.45, 7) is 5.01. The van der Waals surface area contributed by atoms with Crippen molar-refractivity contribution in [2.45, 2.75) is 37.2 Å². The maximum absolute atomic E-state index is 12.4. The van der Waals surface area contributed by atoms with E-state index < -0.39 is 10.8 Å². The number of hydrogen-bond acceptors (Lipinski definition) is 6. The minimum absolute atomic E-state index is 0.162. The van der Waals surface area contributed by atoms with Gasteiger partial charge in [0.1, 0.15) is 5.69 Å². The number of halogens is 2. The van der Waals surface area contributed by atoms with Gasteiger partial charge in [0.05, 0.1) is 11.3 Å². The highest BCUT2D eigenvalue weighted by atomic mass is 35.5. The molecule has 3 N–H and O–H groups in total. The first-order chi connectivity index (χ1) is 11.7. The van der Waals surface area contributed by atoms with E-state index in [0.717, 1.165) is 22.0 Å². The van der Waals surface area contributed by atoms with Crippen molar-refractivity contribution in [1.29, 1.82) is 0 Å². The molecule has 1 aromatic heterocycles. The van der Waals surface area contributed by atoms with Gasteiger partial charge in [-0.05, 0) is 38.5 Å². The summed E-state index contributed by atoms with van der Waals surface area (Å²) >= 11 is 13.1. The average Bonchev–Trinajstić information content (AvgIpc) is 2.55. The molecule has 0 radical (unpaired) electrons. The van der Waals surface area contributed by atoms with E-state index in [2.05, 4.69) is 15.5 Å². The Bertz CT molecular complexity index is 858. The zero-order valence-electron chi connectivity index (χ0n) is 13.8. The third-order valence-electron chi connectivity index (χ3n) is 3.46. The summed E-state index contributed by atoms with van der Waals surface area (Å²) in [5.41, 5.74) is 0.490. The number of hydrogen-bond donors (Lipinski definition) is 2. The second kappa shape index (κ2) is 8.07. The Morgan fingerprint density at radius 1 is 1.32 bits per heavy atom. The van der Waals surface area contributed by atoms with Crippen LogP contribution in [0.15, 0.2) is 28.2 Å². The van der Waals surface area contributed by atoms with E-state index in [-0.39, 0.29) is 22.8 Å². The normalized spacial score (nSPS) is 13.3. The van der Waals surface area contributed by atoms with Gasteiger partial charge in [-0.2, -0.15) is 4.68 Å². The number of nitrogens with one attached hydrogen (secondary N) is 1. The van der Waals surface area contributed by atoms with Crippen LogP contribution < -0.4 is 16.7 Å². The zero-order valence-corrected chi connectivity index (χ0v) is 16.1. The van der Waals surface area contributed by atoms with E-state index in [1.165, 1.54) is 6.92 Å². The SMILES string of the molecule is Cc1nnc(S[C@H](C)C(=O)N[C@H](C)c2ccc(Cl)cc2Cl)n(N)c1=O. The Kier molecular flexibility index (Phi) is 6.31. The highest BCUT2D eigenvalue weighted by Gasteiger charge is 2.21. The summed E-state index contributed by atoms with van der Waals surface area (Å²) in [6.07, 6.45) is 0. The summed E-state index contributed by atoms with van der Waals surface area (Å²) in [6, 6.07) is 4.77. The van der Waals surface area contributed by atoms with Crippen LogP contribution >= 0.6 is 35.0 Å². The van der Waals surface area contributed by atoms with E-state index in [4.69, 9.17) is 29.0 Å². The number of thioether (sulfide) groups is 1. The highest BCUT2D eigenvalue weighted by molar-refractivity contribution is 8.00. The van der Waals surface area contributed by atoms with Gasteiger partial charge in [0.15, 0.2) is 0 Å². The first-order valence-electron chi connectivity index (χ1n) is 7.34. The quantitative estimate of drug-likeness (QED) is 0.588. The van der Waals surface area contributed by atoms with E-state index in [1.54, 1.807) is 25.1 Å². The van der Waals surface area contributed by atoms with Crippen molar-refractivity contribution < 1.29 is 4.79 Å². The Hall–Kier alpha value is -1.77. The van der Waals surface area contributed by atoms with Gasteiger partial charge in [-0.3, -0.25) is 9.59 Å². The molecule has 2 rings (SSSR count). The summed E-state index contributed by atoms with van der Waals surface area (Å²) in [4.78, 5) is 24.2. The van der Waals surface area contributed by atoms with Crippen molar-refractivity contribution in [3.05, 3.63) is 49.9 Å². The lowest BCUT2D eigenvalue weighted by Gasteiger charge is -2.19. The van der Waals surface area contributed by atoms with Gasteiger partial charge in [0.25, 0.3) is 5.56 Å². The molecule has 0 aliphatic heterocycles. The molecule has 10 heteroatoms. The largest absolute Gasteiger partial charge is 0.349 e. The van der Waals surface area contributed by atoms with Gasteiger partial charge in [-0.25, -0.2) is 0 Å². The molecule has 134 valence electrons. The zero-order chi connectivity index (χ0) is 18.7. The molecule has 0 fully saturated rings. The summed E-state index contributed by atoms with van der Waals surface area (Å²) in [5.74, 6) is 5.43. The van der Waals surface area contributed by atoms with Crippen molar-refractivity contribution in [2.75, 3.05) is 5.84 Å². The minimum Gasteiger partial charge on any atom is -0.349 e. The second-order valence-corrected chi connectivity index (χ2v) is 7.55. The second-order valence-electron chi connectivity index (χ2n) is 5.40. The lowest BCUT2D eigenvalue weighted by molar-refractivity contribution is -0.120. The molecule has 1 amide bonds. The van der Waals surface area contributed by atoms with Gasteiger partial charge in [0.2, 0.25) is 11.1 Å². The number of nitrogen functional groups attached to an aromatic ring is 1. The molecule has 2 atom stereocenters. The third-order valence-corrected chi connectivity index (χ3v) is 5.08. The Morgan fingerprint density at radius 3 is 2.64 bits per heavy atom. The fourth-order valence-corrected chi connectivity index (χ4v) is 3.37. The van der Waals surface area contributed by atoms with Gasteiger partial charge in [-0.15, -0.1) is 10.2 Å². The van der Waals surface area contributed by atoms with Crippen LogP contribution in [0.3, 0.4) is 0 Å². The molecule has 0 aliphatic rings. The molecule has 0 bridgehead atoms. The number of rotatable bonds is 5. The fraction of sp³-hybridized carbons (Fsp3) is 0.333. The van der Waals surface area contributed by atoms with Crippen molar-refractivity contribution >= 4 is 40.9 Å². The number of nitrogens with two attached hydrogens (primary N) is 1. The molecule has 2 aromatic rings. The molecular formula is C15H17Cl2N5O2S. The number of amides is 1. The molecule has 0 unspecified atom stereocenters. The number of aromatic nitrogens is 3. The van der Waals surface area contributed by atoms with E-state index in [9.17, 15) is 9.59 Å². The van der Waals surface area contributed by atoms with Gasteiger partial charge < -0.3 is 11.2 Å². The Balaban J connectivity index is 2.07. The minimum atomic E-state index is -0.542. The van der Waals surface area contributed by atoms with Crippen molar-refractivity contribution in [3.8, 4) is 0 Å². The van der Waals surface area contributed by atoms with E-state index in [0.29, 0.717) is 10.0 Å². The number of aryl methyl sites for hydroxylation is 1. The number of benzene rings is 1. The van der Waals surface area contributed by atoms with Crippen LogP contribution in [0.1, 0.15) is 31.1 Å². The van der Waals surface area contributed by atoms with Crippen LogP contribution in [-0.2, 0) is 4.79 Å². The molecule has 0 saturated carbocycles. The van der Waals surface area contributed by atoms with E-state index in [1.807, 2.05) is 6.92 Å². The fourth-order valence-electron chi connectivity index (χ4n) is 2.02. The van der Waals surface area contributed by atoms with Crippen LogP contribution in [0.4, 0.5) is 0 Å². The Morgan fingerprint density at radius 2 is 2.00 bits per heavy atom. The topological polar surface area (TPSA) is 103 Å². The number of carbonyl (C=O) groups is 1. The van der Waals surface area contributed by atoms with Crippen LogP contribution in [0, 0.1) is 6.92 Å². The van der Waals surface area contributed by atoms with Gasteiger partial charge in [-0.1, -0.05) is 41.0 Å². The molecule has 0 spiro atoms. The van der Waals surface area contributed by atoms with Gasteiger partial charge >= 0.3 is 0 Å².